The molecule has 0 bridgehead atoms. The van der Waals surface area contributed by atoms with Gasteiger partial charge in [-0.15, -0.1) is 0 Å². The highest BCUT2D eigenvalue weighted by atomic mass is 127. The monoisotopic (exact) mass is 409 g/mol. The molecule has 0 amide bonds. The summed E-state index contributed by atoms with van der Waals surface area (Å²) < 4.78 is 14.4. The molecule has 2 aromatic carbocycles. The number of aryl methyl sites for hydroxylation is 1. The van der Waals surface area contributed by atoms with Crippen LogP contribution in [-0.4, -0.2) is 0 Å². The van der Waals surface area contributed by atoms with Crippen LogP contribution in [0.2, 0.25) is 10.0 Å². The van der Waals surface area contributed by atoms with Gasteiger partial charge in [-0.2, -0.15) is 0 Å². The van der Waals surface area contributed by atoms with Crippen molar-refractivity contribution in [3.05, 3.63) is 66.5 Å². The fraction of sp³-hybridized carbons (Fsp3) is 0.143. The van der Waals surface area contributed by atoms with Gasteiger partial charge in [0.1, 0.15) is 5.82 Å². The minimum Gasteiger partial charge on any atom is -0.320 e. The van der Waals surface area contributed by atoms with Gasteiger partial charge in [-0.1, -0.05) is 23.2 Å². The van der Waals surface area contributed by atoms with Crippen molar-refractivity contribution in [3.8, 4) is 0 Å². The molecule has 0 aliphatic heterocycles. The normalized spacial score (nSPS) is 12.5. The van der Waals surface area contributed by atoms with Gasteiger partial charge in [-0.25, -0.2) is 4.39 Å². The maximum Gasteiger partial charge on any atom is 0.127 e. The summed E-state index contributed by atoms with van der Waals surface area (Å²) in [6.45, 7) is 1.69. The molecule has 2 rings (SSSR count). The maximum absolute atomic E-state index is 13.4. The SMILES string of the molecule is Cc1cc(C(N)c2cc(Cl)ccc2I)c(Cl)cc1F. The summed E-state index contributed by atoms with van der Waals surface area (Å²) >= 11 is 14.3. The van der Waals surface area contributed by atoms with Crippen molar-refractivity contribution >= 4 is 45.8 Å². The zero-order chi connectivity index (χ0) is 14.2. The van der Waals surface area contributed by atoms with E-state index in [9.17, 15) is 4.39 Å². The minimum absolute atomic E-state index is 0.325. The second kappa shape index (κ2) is 5.95. The molecule has 0 aliphatic rings. The summed E-state index contributed by atoms with van der Waals surface area (Å²) in [5.74, 6) is -0.332. The Hall–Kier alpha value is -0.360. The quantitative estimate of drug-likeness (QED) is 0.686. The molecule has 0 fully saturated rings. The molecule has 0 aromatic heterocycles. The lowest BCUT2D eigenvalue weighted by molar-refractivity contribution is 0.617. The fourth-order valence-electron chi connectivity index (χ4n) is 1.84. The van der Waals surface area contributed by atoms with Gasteiger partial charge < -0.3 is 5.73 Å². The van der Waals surface area contributed by atoms with Crippen molar-refractivity contribution in [2.24, 2.45) is 5.73 Å². The Morgan fingerprint density at radius 3 is 2.53 bits per heavy atom. The van der Waals surface area contributed by atoms with Crippen LogP contribution in [0.25, 0.3) is 0 Å². The zero-order valence-electron chi connectivity index (χ0n) is 10.1. The van der Waals surface area contributed by atoms with E-state index in [4.69, 9.17) is 28.9 Å². The molecule has 1 unspecified atom stereocenters. The highest BCUT2D eigenvalue weighted by Crippen LogP contribution is 2.32. The Bertz CT molecular complexity index is 631. The first-order valence-electron chi connectivity index (χ1n) is 5.56. The molecule has 19 heavy (non-hydrogen) atoms. The molecule has 1 atom stereocenters. The predicted molar refractivity (Wildman–Crippen MR) is 86.3 cm³/mol. The number of hydrogen-bond acceptors (Lipinski definition) is 1. The van der Waals surface area contributed by atoms with Gasteiger partial charge >= 0.3 is 0 Å². The molecule has 100 valence electrons. The number of hydrogen-bond donors (Lipinski definition) is 1. The third-order valence-electron chi connectivity index (χ3n) is 2.91. The van der Waals surface area contributed by atoms with E-state index in [-0.39, 0.29) is 5.82 Å². The Morgan fingerprint density at radius 2 is 1.84 bits per heavy atom. The lowest BCUT2D eigenvalue weighted by Crippen LogP contribution is -2.14. The van der Waals surface area contributed by atoms with E-state index in [0.717, 1.165) is 9.13 Å². The van der Waals surface area contributed by atoms with Crippen molar-refractivity contribution in [2.45, 2.75) is 13.0 Å². The first-order chi connectivity index (χ1) is 8.90. The summed E-state index contributed by atoms with van der Waals surface area (Å²) in [7, 11) is 0. The van der Waals surface area contributed by atoms with E-state index in [2.05, 4.69) is 22.6 Å². The molecule has 1 nitrogen and oxygen atoms in total. The molecule has 0 aliphatic carbocycles. The molecule has 0 saturated heterocycles. The van der Waals surface area contributed by atoms with E-state index >= 15 is 0 Å². The first kappa shape index (κ1) is 15.0. The molecule has 2 aromatic rings. The first-order valence-corrected chi connectivity index (χ1v) is 7.39. The largest absolute Gasteiger partial charge is 0.320 e. The molecular weight excluding hydrogens is 399 g/mol. The Balaban J connectivity index is 2.52. The van der Waals surface area contributed by atoms with Gasteiger partial charge in [0.2, 0.25) is 0 Å². The number of nitrogens with two attached hydrogens (primary N) is 1. The molecule has 2 N–H and O–H groups in total. The van der Waals surface area contributed by atoms with Crippen LogP contribution in [0.4, 0.5) is 4.39 Å². The van der Waals surface area contributed by atoms with Crippen molar-refractivity contribution < 1.29 is 4.39 Å². The molecule has 0 saturated carbocycles. The molecule has 0 heterocycles. The topological polar surface area (TPSA) is 26.0 Å². The Kier molecular flexibility index (Phi) is 4.71. The Labute approximate surface area is 135 Å². The summed E-state index contributed by atoms with van der Waals surface area (Å²) in [4.78, 5) is 0. The molecule has 0 spiro atoms. The van der Waals surface area contributed by atoms with Crippen LogP contribution in [0.3, 0.4) is 0 Å². The van der Waals surface area contributed by atoms with E-state index in [1.807, 2.05) is 12.1 Å². The second-order valence-electron chi connectivity index (χ2n) is 4.27. The summed E-state index contributed by atoms with van der Waals surface area (Å²) in [6.07, 6.45) is 0. The standard InChI is InChI=1S/C14H11Cl2FIN/c1-7-4-9(11(16)6-12(7)17)14(19)10-5-8(15)2-3-13(10)18/h2-6,14H,19H2,1H3. The zero-order valence-corrected chi connectivity index (χ0v) is 13.7. The molecule has 0 radical (unpaired) electrons. The van der Waals surface area contributed by atoms with E-state index in [0.29, 0.717) is 21.2 Å². The third-order valence-corrected chi connectivity index (χ3v) is 4.45. The van der Waals surface area contributed by atoms with Gasteiger partial charge in [0.15, 0.2) is 0 Å². The van der Waals surface area contributed by atoms with Gasteiger partial charge in [0.25, 0.3) is 0 Å². The fourth-order valence-corrected chi connectivity index (χ4v) is 2.96. The van der Waals surface area contributed by atoms with Gasteiger partial charge in [0, 0.05) is 13.6 Å². The lowest BCUT2D eigenvalue weighted by Gasteiger charge is -2.17. The van der Waals surface area contributed by atoms with Crippen molar-refractivity contribution in [2.75, 3.05) is 0 Å². The summed E-state index contributed by atoms with van der Waals surface area (Å²) in [5.41, 5.74) is 8.33. The molecular formula is C14H11Cl2FIN. The third kappa shape index (κ3) is 3.21. The van der Waals surface area contributed by atoms with Crippen molar-refractivity contribution in [1.82, 2.24) is 0 Å². The van der Waals surface area contributed by atoms with Crippen molar-refractivity contribution in [1.29, 1.82) is 0 Å². The van der Waals surface area contributed by atoms with E-state index in [1.54, 1.807) is 19.1 Å². The number of halogens is 4. The predicted octanol–water partition coefficient (Wildman–Crippen LogP) is 5.09. The Morgan fingerprint density at radius 1 is 1.16 bits per heavy atom. The van der Waals surface area contributed by atoms with Crippen LogP contribution in [0.5, 0.6) is 0 Å². The molecule has 5 heteroatoms. The van der Waals surface area contributed by atoms with E-state index < -0.39 is 6.04 Å². The average Bonchev–Trinajstić information content (AvgIpc) is 2.36. The maximum atomic E-state index is 13.4. The average molecular weight is 410 g/mol. The highest BCUT2D eigenvalue weighted by Gasteiger charge is 2.17. The van der Waals surface area contributed by atoms with E-state index in [1.165, 1.54) is 6.07 Å². The number of rotatable bonds is 2. The summed E-state index contributed by atoms with van der Waals surface area (Å²) in [5, 5.41) is 0.937. The van der Waals surface area contributed by atoms with Crippen LogP contribution in [0.15, 0.2) is 30.3 Å². The second-order valence-corrected chi connectivity index (χ2v) is 6.27. The van der Waals surface area contributed by atoms with Crippen LogP contribution in [0, 0.1) is 16.3 Å². The van der Waals surface area contributed by atoms with Crippen LogP contribution in [-0.2, 0) is 0 Å². The van der Waals surface area contributed by atoms with Crippen LogP contribution in [0.1, 0.15) is 22.7 Å². The summed E-state index contributed by atoms with van der Waals surface area (Å²) in [6, 6.07) is 8.04. The van der Waals surface area contributed by atoms with Gasteiger partial charge in [-0.3, -0.25) is 0 Å². The van der Waals surface area contributed by atoms with Gasteiger partial charge in [0.05, 0.1) is 6.04 Å². The minimum atomic E-state index is -0.433. The highest BCUT2D eigenvalue weighted by molar-refractivity contribution is 14.1. The lowest BCUT2D eigenvalue weighted by atomic mass is 9.98. The van der Waals surface area contributed by atoms with Gasteiger partial charge in [-0.05, 0) is 76.5 Å². The van der Waals surface area contributed by atoms with Crippen molar-refractivity contribution in [3.63, 3.8) is 0 Å². The number of benzene rings is 2. The smallest absolute Gasteiger partial charge is 0.127 e. The van der Waals surface area contributed by atoms with Crippen LogP contribution >= 0.6 is 45.8 Å². The van der Waals surface area contributed by atoms with Crippen LogP contribution < -0.4 is 5.73 Å².